The standard InChI is InChI=1S/C46H30N4.2C45H29N5/c1-4-14-31(15-5-1)41-28-36(29-42(48-41)32-16-6-2-7-17-32)49-43-22-12-10-20-37(43)39-26-33(24-25-45(39)49)34-27-40-38-21-11-13-23-44(38)50(46(40)47-30-34)35-18-8-3-9-19-35;1-4-14-30(15-5-1)39-28-40(31-16-6-2-7-17-31)48-45(47-39)50-42-23-13-10-20-35(42)37-26-32(24-25-43(37)50)33-27-38-36-21-11-12-22-41(36)49(44(38)46-29-33)34-18-8-3-9-19-34;1-4-14-30(15-5-1)43-42(29-46-44(48-43)31-16-6-2-7-17-31)50-40-23-13-10-20-35(40)37-26-32(24-25-41(37)50)33-27-38-36-21-11-12-22-39(36)49(45(38)47-28-33)34-18-8-3-9-19-34/h1-30H;2*1-29H. The van der Waals surface area contributed by atoms with Gasteiger partial charge in [-0.25, -0.2) is 39.9 Å². The van der Waals surface area contributed by atoms with Crippen molar-refractivity contribution < 1.29 is 0 Å². The maximum absolute atomic E-state index is 5.18. The zero-order valence-corrected chi connectivity index (χ0v) is 81.1. The highest BCUT2D eigenvalue weighted by molar-refractivity contribution is 6.17. The number of pyridine rings is 4. The van der Waals surface area contributed by atoms with E-state index < -0.39 is 0 Å². The summed E-state index contributed by atoms with van der Waals surface area (Å²) in [6.07, 6.45) is 7.99. The molecule has 0 aliphatic heterocycles. The van der Waals surface area contributed by atoms with Crippen LogP contribution in [0.1, 0.15) is 0 Å². The molecular formula is C136H88N14. The van der Waals surface area contributed by atoms with Gasteiger partial charge >= 0.3 is 0 Å². The molecule has 30 aromatic rings. The number of fused-ring (bicyclic) bond motifs is 18. The van der Waals surface area contributed by atoms with Crippen LogP contribution in [-0.2, 0) is 0 Å². The molecule has 0 atom stereocenters. The van der Waals surface area contributed by atoms with Crippen molar-refractivity contribution in [3.8, 4) is 135 Å². The fourth-order valence-corrected chi connectivity index (χ4v) is 22.0. The molecule has 150 heavy (non-hydrogen) atoms. The number of aromatic nitrogens is 14. The van der Waals surface area contributed by atoms with Gasteiger partial charge in [0.2, 0.25) is 5.95 Å². The Hall–Kier alpha value is -20.5. The fraction of sp³-hybridized carbons (Fsp3) is 0. The van der Waals surface area contributed by atoms with Crippen LogP contribution < -0.4 is 0 Å². The summed E-state index contributed by atoms with van der Waals surface area (Å²) in [5, 5.41) is 14.0. The van der Waals surface area contributed by atoms with Crippen LogP contribution in [0.4, 0.5) is 0 Å². The van der Waals surface area contributed by atoms with Crippen molar-refractivity contribution in [3.05, 3.63) is 534 Å². The molecule has 0 unspecified atom stereocenters. The highest BCUT2D eigenvalue weighted by Gasteiger charge is 2.26. The Labute approximate surface area is 862 Å². The van der Waals surface area contributed by atoms with Crippen molar-refractivity contribution in [1.29, 1.82) is 0 Å². The maximum Gasteiger partial charge on any atom is 0.235 e. The number of hydrogen-bond donors (Lipinski definition) is 0. The Bertz CT molecular complexity index is 9930. The second-order valence-corrected chi connectivity index (χ2v) is 37.8. The van der Waals surface area contributed by atoms with Crippen molar-refractivity contribution in [2.45, 2.75) is 0 Å². The smallest absolute Gasteiger partial charge is 0.235 e. The molecule has 0 aliphatic carbocycles. The summed E-state index contributed by atoms with van der Waals surface area (Å²) in [6, 6.07) is 179. The van der Waals surface area contributed by atoms with Gasteiger partial charge < -0.3 is 9.13 Å². The molecule has 0 radical (unpaired) electrons. The Morgan fingerprint density at radius 3 is 0.753 bits per heavy atom. The van der Waals surface area contributed by atoms with E-state index in [1.165, 1.54) is 32.3 Å². The predicted octanol–water partition coefficient (Wildman–Crippen LogP) is 33.8. The highest BCUT2D eigenvalue weighted by atomic mass is 15.2. The second kappa shape index (κ2) is 37.0. The lowest BCUT2D eigenvalue weighted by atomic mass is 10.0. The van der Waals surface area contributed by atoms with Crippen molar-refractivity contribution in [3.63, 3.8) is 0 Å². The van der Waals surface area contributed by atoms with Crippen LogP contribution in [-0.4, -0.2) is 67.3 Å². The van der Waals surface area contributed by atoms with Gasteiger partial charge in [-0.2, -0.15) is 0 Å². The summed E-state index contributed by atoms with van der Waals surface area (Å²) in [6.45, 7) is 0. The zero-order valence-electron chi connectivity index (χ0n) is 81.1. The Morgan fingerprint density at radius 1 is 0.140 bits per heavy atom. The summed E-state index contributed by atoms with van der Waals surface area (Å²) in [5.74, 6) is 1.34. The molecule has 0 bridgehead atoms. The minimum absolute atomic E-state index is 0.640. The largest absolute Gasteiger partial charge is 0.309 e. The fourth-order valence-electron chi connectivity index (χ4n) is 22.0. The van der Waals surface area contributed by atoms with Crippen LogP contribution in [0.3, 0.4) is 0 Å². The molecule has 14 nitrogen and oxygen atoms in total. The van der Waals surface area contributed by atoms with Crippen molar-refractivity contribution >= 4 is 131 Å². The van der Waals surface area contributed by atoms with Gasteiger partial charge in [-0.05, 0) is 162 Å². The molecular weight excluding hydrogens is 1830 g/mol. The van der Waals surface area contributed by atoms with Gasteiger partial charge in [-0.3, -0.25) is 18.3 Å². The maximum atomic E-state index is 5.18. The summed E-state index contributed by atoms with van der Waals surface area (Å²) < 4.78 is 13.6. The van der Waals surface area contributed by atoms with Gasteiger partial charge in [0.05, 0.1) is 95.7 Å². The van der Waals surface area contributed by atoms with E-state index >= 15 is 0 Å². The van der Waals surface area contributed by atoms with E-state index in [1.54, 1.807) is 0 Å². The molecule has 0 saturated carbocycles. The first kappa shape index (κ1) is 87.3. The summed E-state index contributed by atoms with van der Waals surface area (Å²) >= 11 is 0. The van der Waals surface area contributed by atoms with Crippen LogP contribution >= 0.6 is 0 Å². The van der Waals surface area contributed by atoms with E-state index in [1.807, 2.05) is 110 Å². The van der Waals surface area contributed by atoms with Gasteiger partial charge in [-0.1, -0.05) is 364 Å². The molecule has 0 saturated heterocycles. The molecule has 0 spiro atoms. The van der Waals surface area contributed by atoms with E-state index in [0.29, 0.717) is 11.8 Å². The lowest BCUT2D eigenvalue weighted by Gasteiger charge is -2.14. The van der Waals surface area contributed by atoms with Crippen molar-refractivity contribution in [2.75, 3.05) is 0 Å². The van der Waals surface area contributed by atoms with Crippen molar-refractivity contribution in [2.24, 2.45) is 0 Å². The average Bonchev–Trinajstić information content (AvgIpc) is 1.58. The SMILES string of the molecule is c1ccc(-c2cc(-c3ccccc3)nc(-n3c4ccccc4c4cc(-c5cnc6c(c5)c5ccccc5n6-c5ccccc5)ccc43)n2)cc1.c1ccc(-c2cc(-n3c4ccccc4c4cc(-c5cnc6c(c5)c5ccccc5n6-c5ccccc5)ccc43)cc(-c3ccccc3)n2)cc1.c1ccc(-c2ncc(-n3c4ccccc4c4cc(-c5cnc6c(c5)c5ccccc5n6-c5ccccc5)ccc43)c(-c3ccccc3)n2)cc1. The highest BCUT2D eigenvalue weighted by Crippen LogP contribution is 2.46. The molecule has 18 aromatic carbocycles. The number of para-hydroxylation sites is 9. The number of rotatable bonds is 15. The van der Waals surface area contributed by atoms with Crippen molar-refractivity contribution in [1.82, 2.24) is 67.3 Å². The van der Waals surface area contributed by atoms with E-state index in [4.69, 9.17) is 39.9 Å². The quantitative estimate of drug-likeness (QED) is 0.0991. The summed E-state index contributed by atoms with van der Waals surface area (Å²) in [5.41, 5.74) is 35.7. The van der Waals surface area contributed by atoms with Crippen LogP contribution in [0, 0.1) is 0 Å². The van der Waals surface area contributed by atoms with Gasteiger partial charge in [0.1, 0.15) is 16.9 Å². The lowest BCUT2D eigenvalue weighted by molar-refractivity contribution is 0.995. The molecule has 0 amide bonds. The molecule has 0 N–H and O–H groups in total. The summed E-state index contributed by atoms with van der Waals surface area (Å²) in [7, 11) is 0. The van der Waals surface area contributed by atoms with E-state index in [-0.39, 0.29) is 0 Å². The minimum Gasteiger partial charge on any atom is -0.309 e. The monoisotopic (exact) mass is 1920 g/mol. The van der Waals surface area contributed by atoms with Gasteiger partial charge in [0.25, 0.3) is 0 Å². The third-order valence-electron chi connectivity index (χ3n) is 29.0. The molecule has 0 aliphatic rings. The molecule has 12 heterocycles. The van der Waals surface area contributed by atoms with Gasteiger partial charge in [-0.15, -0.1) is 0 Å². The van der Waals surface area contributed by atoms with Gasteiger partial charge in [0, 0.05) is 150 Å². The third-order valence-corrected chi connectivity index (χ3v) is 29.0. The predicted molar refractivity (Wildman–Crippen MR) is 617 cm³/mol. The average molecular weight is 1920 g/mol. The molecule has 702 valence electrons. The van der Waals surface area contributed by atoms with Crippen LogP contribution in [0.25, 0.3) is 267 Å². The minimum atomic E-state index is 0.640. The van der Waals surface area contributed by atoms with E-state index in [0.717, 1.165) is 223 Å². The number of nitrogens with zero attached hydrogens (tertiary/aromatic N) is 14. The van der Waals surface area contributed by atoms with Crippen LogP contribution in [0.2, 0.25) is 0 Å². The normalized spacial score (nSPS) is 11.6. The zero-order chi connectivity index (χ0) is 99.1. The van der Waals surface area contributed by atoms with E-state index in [2.05, 4.69) is 452 Å². The molecule has 12 aromatic heterocycles. The number of benzene rings is 18. The first-order valence-corrected chi connectivity index (χ1v) is 50.5. The van der Waals surface area contributed by atoms with Gasteiger partial charge in [0.15, 0.2) is 5.82 Å². The molecule has 30 rings (SSSR count). The van der Waals surface area contributed by atoms with Crippen LogP contribution in [0.15, 0.2) is 534 Å². The lowest BCUT2D eigenvalue weighted by Crippen LogP contribution is -2.03. The Kier molecular flexibility index (Phi) is 21.6. The first-order valence-electron chi connectivity index (χ1n) is 50.5. The first-order chi connectivity index (χ1) is 74.4. The van der Waals surface area contributed by atoms with E-state index in [9.17, 15) is 0 Å². The second-order valence-electron chi connectivity index (χ2n) is 37.8. The number of hydrogen-bond acceptors (Lipinski definition) is 8. The molecule has 0 fully saturated rings. The third kappa shape index (κ3) is 15.4. The van der Waals surface area contributed by atoms with Crippen LogP contribution in [0.5, 0.6) is 0 Å². The Balaban J connectivity index is 0.000000108. The summed E-state index contributed by atoms with van der Waals surface area (Å²) in [4.78, 5) is 40.9. The molecule has 14 heteroatoms. The Morgan fingerprint density at radius 2 is 0.400 bits per heavy atom. The topological polar surface area (TPSA) is 133 Å².